The zero-order valence-corrected chi connectivity index (χ0v) is 14.3. The second-order valence-corrected chi connectivity index (χ2v) is 6.01. The molecule has 0 radical (unpaired) electrons. The second-order valence-electron chi connectivity index (χ2n) is 6.01. The van der Waals surface area contributed by atoms with Gasteiger partial charge in [-0.1, -0.05) is 20.8 Å². The fourth-order valence-corrected chi connectivity index (χ4v) is 2.21. The molecule has 0 heterocycles. The van der Waals surface area contributed by atoms with Crippen molar-refractivity contribution in [2.24, 2.45) is 5.41 Å². The Hall–Kier alpha value is -0.160. The fraction of sp³-hybridized carbons (Fsp3) is 1.00. The molecule has 0 amide bonds. The lowest BCUT2D eigenvalue weighted by Crippen LogP contribution is -2.43. The zero-order chi connectivity index (χ0) is 15.3. The number of hydrogen-bond donors (Lipinski definition) is 1. The van der Waals surface area contributed by atoms with Gasteiger partial charge in [0.05, 0.1) is 13.2 Å². The summed E-state index contributed by atoms with van der Waals surface area (Å²) in [4.78, 5) is 2.46. The molecule has 0 atom stereocenters. The molecule has 0 aromatic heterocycles. The van der Waals surface area contributed by atoms with Crippen LogP contribution < -0.4 is 5.32 Å². The van der Waals surface area contributed by atoms with Gasteiger partial charge in [-0.2, -0.15) is 0 Å². The average Bonchev–Trinajstić information content (AvgIpc) is 2.39. The summed E-state index contributed by atoms with van der Waals surface area (Å²) < 4.78 is 11.0. The Kier molecular flexibility index (Phi) is 12.5. The predicted molar refractivity (Wildman–Crippen MR) is 86.4 cm³/mol. The first-order valence-corrected chi connectivity index (χ1v) is 8.14. The Labute approximate surface area is 126 Å². The van der Waals surface area contributed by atoms with Crippen LogP contribution in [0.2, 0.25) is 0 Å². The number of ether oxygens (including phenoxy) is 2. The number of hydrogen-bond acceptors (Lipinski definition) is 4. The molecule has 0 saturated heterocycles. The normalized spacial score (nSPS) is 12.3. The molecule has 0 aliphatic heterocycles. The second kappa shape index (κ2) is 12.6. The molecule has 1 N–H and O–H groups in total. The van der Waals surface area contributed by atoms with Crippen molar-refractivity contribution in [1.29, 1.82) is 0 Å². The van der Waals surface area contributed by atoms with E-state index in [0.717, 1.165) is 59.2 Å². The Morgan fingerprint density at radius 1 is 0.950 bits per heavy atom. The average molecular weight is 288 g/mol. The van der Waals surface area contributed by atoms with Crippen molar-refractivity contribution in [2.75, 3.05) is 59.2 Å². The van der Waals surface area contributed by atoms with Crippen LogP contribution in [-0.4, -0.2) is 64.1 Å². The van der Waals surface area contributed by atoms with E-state index in [-0.39, 0.29) is 5.41 Å². The molecule has 0 bridgehead atoms. The molecule has 0 fully saturated rings. The van der Waals surface area contributed by atoms with Gasteiger partial charge in [-0.3, -0.25) is 4.90 Å². The van der Waals surface area contributed by atoms with Crippen LogP contribution in [0.25, 0.3) is 0 Å². The molecule has 122 valence electrons. The molecule has 0 aliphatic carbocycles. The molecule has 0 saturated carbocycles. The van der Waals surface area contributed by atoms with E-state index in [2.05, 4.69) is 31.0 Å². The van der Waals surface area contributed by atoms with Crippen LogP contribution in [0.3, 0.4) is 0 Å². The van der Waals surface area contributed by atoms with E-state index in [1.54, 1.807) is 0 Å². The van der Waals surface area contributed by atoms with E-state index in [0.29, 0.717) is 0 Å². The highest BCUT2D eigenvalue weighted by Crippen LogP contribution is 2.15. The molecule has 0 aromatic rings. The third kappa shape index (κ3) is 11.6. The summed E-state index contributed by atoms with van der Waals surface area (Å²) in [5.74, 6) is 0. The highest BCUT2D eigenvalue weighted by atomic mass is 16.5. The Morgan fingerprint density at radius 3 is 1.95 bits per heavy atom. The van der Waals surface area contributed by atoms with Crippen LogP contribution in [-0.2, 0) is 9.47 Å². The van der Waals surface area contributed by atoms with Gasteiger partial charge in [0.2, 0.25) is 0 Å². The molecule has 4 heteroatoms. The van der Waals surface area contributed by atoms with E-state index >= 15 is 0 Å². The van der Waals surface area contributed by atoms with Crippen molar-refractivity contribution >= 4 is 0 Å². The van der Waals surface area contributed by atoms with Gasteiger partial charge in [-0.05, 0) is 32.2 Å². The quantitative estimate of drug-likeness (QED) is 0.498. The first-order chi connectivity index (χ1) is 9.55. The lowest BCUT2D eigenvalue weighted by Gasteiger charge is -2.33. The molecular formula is C16H36N2O2. The topological polar surface area (TPSA) is 33.7 Å². The van der Waals surface area contributed by atoms with Crippen LogP contribution in [0.4, 0.5) is 0 Å². The van der Waals surface area contributed by atoms with Gasteiger partial charge in [-0.15, -0.1) is 0 Å². The molecule has 0 unspecified atom stereocenters. The van der Waals surface area contributed by atoms with Gasteiger partial charge in [0.15, 0.2) is 0 Å². The van der Waals surface area contributed by atoms with Gasteiger partial charge < -0.3 is 14.8 Å². The van der Waals surface area contributed by atoms with E-state index in [1.165, 1.54) is 6.42 Å². The summed E-state index contributed by atoms with van der Waals surface area (Å²) in [5, 5.41) is 3.53. The predicted octanol–water partition coefficient (Wildman–Crippen LogP) is 2.39. The molecule has 0 aromatic carbocycles. The molecular weight excluding hydrogens is 252 g/mol. The van der Waals surface area contributed by atoms with Crippen LogP contribution >= 0.6 is 0 Å². The highest BCUT2D eigenvalue weighted by Gasteiger charge is 2.21. The maximum atomic E-state index is 5.49. The molecule has 20 heavy (non-hydrogen) atoms. The minimum Gasteiger partial charge on any atom is -0.380 e. The summed E-state index contributed by atoms with van der Waals surface area (Å²) in [7, 11) is 0. The summed E-state index contributed by atoms with van der Waals surface area (Å²) in [6.07, 6.45) is 1.19. The van der Waals surface area contributed by atoms with Crippen LogP contribution in [0.15, 0.2) is 0 Å². The zero-order valence-electron chi connectivity index (χ0n) is 14.3. The molecule has 0 spiro atoms. The third-order valence-corrected chi connectivity index (χ3v) is 3.19. The van der Waals surface area contributed by atoms with Crippen molar-refractivity contribution in [3.8, 4) is 0 Å². The number of rotatable bonds is 14. The van der Waals surface area contributed by atoms with Crippen LogP contribution in [0, 0.1) is 5.41 Å². The van der Waals surface area contributed by atoms with Crippen molar-refractivity contribution < 1.29 is 9.47 Å². The third-order valence-electron chi connectivity index (χ3n) is 3.19. The lowest BCUT2D eigenvalue weighted by atomic mass is 9.92. The molecule has 0 aliphatic rings. The maximum absolute atomic E-state index is 5.49. The van der Waals surface area contributed by atoms with Gasteiger partial charge in [-0.25, -0.2) is 0 Å². The Balaban J connectivity index is 4.13. The molecule has 4 nitrogen and oxygen atoms in total. The Morgan fingerprint density at radius 2 is 1.50 bits per heavy atom. The van der Waals surface area contributed by atoms with Crippen molar-refractivity contribution in [2.45, 2.75) is 41.0 Å². The van der Waals surface area contributed by atoms with Gasteiger partial charge in [0.1, 0.15) is 0 Å². The smallest absolute Gasteiger partial charge is 0.0593 e. The standard InChI is InChI=1S/C16H36N2O2/c1-6-9-17-14-16(4,5)15-18(10-12-19-7-2)11-13-20-8-3/h17H,6-15H2,1-5H3. The summed E-state index contributed by atoms with van der Waals surface area (Å²) in [6, 6.07) is 0. The monoisotopic (exact) mass is 288 g/mol. The van der Waals surface area contributed by atoms with Crippen LogP contribution in [0.5, 0.6) is 0 Å². The van der Waals surface area contributed by atoms with Gasteiger partial charge in [0, 0.05) is 39.4 Å². The SMILES string of the molecule is CCCNCC(C)(C)CN(CCOCC)CCOCC. The highest BCUT2D eigenvalue weighted by molar-refractivity contribution is 4.76. The van der Waals surface area contributed by atoms with E-state index in [9.17, 15) is 0 Å². The van der Waals surface area contributed by atoms with Crippen molar-refractivity contribution in [3.63, 3.8) is 0 Å². The number of nitrogens with zero attached hydrogens (tertiary/aromatic N) is 1. The fourth-order valence-electron chi connectivity index (χ4n) is 2.21. The lowest BCUT2D eigenvalue weighted by molar-refractivity contribution is 0.0651. The summed E-state index contributed by atoms with van der Waals surface area (Å²) >= 11 is 0. The molecule has 0 rings (SSSR count). The number of nitrogens with one attached hydrogen (secondary N) is 1. The summed E-state index contributed by atoms with van der Waals surface area (Å²) in [5.41, 5.74) is 0.271. The van der Waals surface area contributed by atoms with E-state index in [4.69, 9.17) is 9.47 Å². The van der Waals surface area contributed by atoms with Crippen molar-refractivity contribution in [3.05, 3.63) is 0 Å². The van der Waals surface area contributed by atoms with Gasteiger partial charge >= 0.3 is 0 Å². The van der Waals surface area contributed by atoms with Crippen molar-refractivity contribution in [1.82, 2.24) is 10.2 Å². The van der Waals surface area contributed by atoms with Crippen LogP contribution in [0.1, 0.15) is 41.0 Å². The minimum atomic E-state index is 0.271. The first-order valence-electron chi connectivity index (χ1n) is 8.14. The van der Waals surface area contributed by atoms with E-state index in [1.807, 2.05) is 13.8 Å². The van der Waals surface area contributed by atoms with Gasteiger partial charge in [0.25, 0.3) is 0 Å². The maximum Gasteiger partial charge on any atom is 0.0593 e. The van der Waals surface area contributed by atoms with E-state index < -0.39 is 0 Å². The largest absolute Gasteiger partial charge is 0.380 e. The minimum absolute atomic E-state index is 0.271. The first kappa shape index (κ1) is 19.8. The summed E-state index contributed by atoms with van der Waals surface area (Å²) in [6.45, 7) is 19.3. The Bertz CT molecular complexity index is 201.